The van der Waals surface area contributed by atoms with Crippen molar-refractivity contribution in [1.29, 1.82) is 0 Å². The molecule has 0 radical (unpaired) electrons. The van der Waals surface area contributed by atoms with Crippen LogP contribution in [0.5, 0.6) is 0 Å². The van der Waals surface area contributed by atoms with Crippen LogP contribution >= 0.6 is 0 Å². The second-order valence-electron chi connectivity index (χ2n) is 1.72. The highest BCUT2D eigenvalue weighted by Crippen LogP contribution is 1.92. The van der Waals surface area contributed by atoms with Crippen LogP contribution in [0, 0.1) is 0 Å². The van der Waals surface area contributed by atoms with E-state index >= 15 is 0 Å². The lowest BCUT2D eigenvalue weighted by Gasteiger charge is -2.10. The molecule has 0 aliphatic heterocycles. The predicted octanol–water partition coefficient (Wildman–Crippen LogP) is 0.760. The predicted molar refractivity (Wildman–Crippen MR) is 34.8 cm³/mol. The molecule has 50 valence electrons. The van der Waals surface area contributed by atoms with Gasteiger partial charge in [0, 0.05) is 13.2 Å². The molecule has 0 aromatic carbocycles. The van der Waals surface area contributed by atoms with Gasteiger partial charge in [-0.15, -0.1) is 0 Å². The molecule has 0 aliphatic carbocycles. The molecule has 0 aromatic heterocycles. The number of hydrogen-bond acceptors (Lipinski definition) is 2. The molecule has 0 fully saturated rings. The van der Waals surface area contributed by atoms with Gasteiger partial charge in [-0.05, 0) is 13.3 Å². The molecular formula is C6H15NO. The van der Waals surface area contributed by atoms with Crippen LogP contribution in [0.3, 0.4) is 0 Å². The summed E-state index contributed by atoms with van der Waals surface area (Å²) in [5.41, 5.74) is 5.34. The van der Waals surface area contributed by atoms with E-state index in [0.29, 0.717) is 6.54 Å². The van der Waals surface area contributed by atoms with Gasteiger partial charge in [0.1, 0.15) is 0 Å². The summed E-state index contributed by atoms with van der Waals surface area (Å²) in [7, 11) is 0. The van der Waals surface area contributed by atoms with E-state index in [4.69, 9.17) is 10.5 Å². The second-order valence-corrected chi connectivity index (χ2v) is 1.72. The van der Waals surface area contributed by atoms with Gasteiger partial charge in [0.05, 0.1) is 6.10 Å². The first kappa shape index (κ1) is 7.92. The summed E-state index contributed by atoms with van der Waals surface area (Å²) in [6.45, 7) is 5.48. The largest absolute Gasteiger partial charge is 0.377 e. The third-order valence-electron chi connectivity index (χ3n) is 1.12. The van der Waals surface area contributed by atoms with Crippen molar-refractivity contribution in [3.63, 3.8) is 0 Å². The Morgan fingerprint density at radius 1 is 1.50 bits per heavy atom. The van der Waals surface area contributed by atoms with Crippen molar-refractivity contribution in [2.45, 2.75) is 26.4 Å². The molecule has 2 nitrogen and oxygen atoms in total. The van der Waals surface area contributed by atoms with Crippen LogP contribution in [0.15, 0.2) is 0 Å². The van der Waals surface area contributed by atoms with Gasteiger partial charge in [0.25, 0.3) is 0 Å². The molecule has 2 heteroatoms. The maximum atomic E-state index is 5.34. The van der Waals surface area contributed by atoms with E-state index < -0.39 is 0 Å². The molecule has 0 aliphatic rings. The number of nitrogens with two attached hydrogens (primary N) is 1. The summed E-state index contributed by atoms with van der Waals surface area (Å²) in [5, 5.41) is 0. The first-order valence-electron chi connectivity index (χ1n) is 3.16. The zero-order chi connectivity index (χ0) is 6.41. The van der Waals surface area contributed by atoms with Crippen LogP contribution in [0.25, 0.3) is 0 Å². The summed E-state index contributed by atoms with van der Waals surface area (Å²) in [6, 6.07) is 0. The minimum atomic E-state index is 0.278. The number of rotatable bonds is 4. The van der Waals surface area contributed by atoms with Crippen LogP contribution in [0.2, 0.25) is 0 Å². The Morgan fingerprint density at radius 3 is 2.25 bits per heavy atom. The molecule has 0 unspecified atom stereocenters. The molecule has 0 saturated carbocycles. The average molecular weight is 117 g/mol. The molecule has 0 spiro atoms. The Morgan fingerprint density at radius 2 is 2.12 bits per heavy atom. The van der Waals surface area contributed by atoms with Gasteiger partial charge in [-0.2, -0.15) is 0 Å². The minimum Gasteiger partial charge on any atom is -0.377 e. The second kappa shape index (κ2) is 5.06. The monoisotopic (exact) mass is 117 g/mol. The average Bonchev–Trinajstić information content (AvgIpc) is 1.83. The molecule has 0 aromatic rings. The van der Waals surface area contributed by atoms with Crippen LogP contribution in [0.1, 0.15) is 20.3 Å². The Bertz CT molecular complexity index is 43.8. The summed E-state index contributed by atoms with van der Waals surface area (Å²) in [5.74, 6) is 0. The van der Waals surface area contributed by atoms with E-state index in [1.165, 1.54) is 0 Å². The Balaban J connectivity index is 3.07. The summed E-state index contributed by atoms with van der Waals surface area (Å²) in [6.07, 6.45) is 1.30. The first-order valence-corrected chi connectivity index (χ1v) is 3.16. The lowest BCUT2D eigenvalue weighted by molar-refractivity contribution is 0.0666. The molecule has 0 heterocycles. The number of ether oxygens (including phenoxy) is 1. The molecular weight excluding hydrogens is 102 g/mol. The quantitative estimate of drug-likeness (QED) is 0.590. The van der Waals surface area contributed by atoms with E-state index in [2.05, 4.69) is 6.92 Å². The fraction of sp³-hybridized carbons (Fsp3) is 1.00. The minimum absolute atomic E-state index is 0.278. The normalized spacial score (nSPS) is 13.9. The summed E-state index contributed by atoms with van der Waals surface area (Å²) < 4.78 is 5.22. The van der Waals surface area contributed by atoms with Gasteiger partial charge in [0.15, 0.2) is 0 Å². The molecule has 0 rings (SSSR count). The third-order valence-corrected chi connectivity index (χ3v) is 1.12. The highest BCUT2D eigenvalue weighted by molar-refractivity contribution is 4.52. The van der Waals surface area contributed by atoms with Crippen LogP contribution in [-0.2, 0) is 4.74 Å². The van der Waals surface area contributed by atoms with Crippen molar-refractivity contribution in [3.05, 3.63) is 0 Å². The van der Waals surface area contributed by atoms with Gasteiger partial charge in [0.2, 0.25) is 0 Å². The van der Waals surface area contributed by atoms with Crippen LogP contribution < -0.4 is 5.73 Å². The van der Waals surface area contributed by atoms with Gasteiger partial charge in [-0.1, -0.05) is 6.92 Å². The van der Waals surface area contributed by atoms with Crippen molar-refractivity contribution in [2.75, 3.05) is 13.2 Å². The number of hydrogen-bond donors (Lipinski definition) is 1. The van der Waals surface area contributed by atoms with E-state index in [0.717, 1.165) is 13.0 Å². The van der Waals surface area contributed by atoms with Gasteiger partial charge < -0.3 is 10.5 Å². The Hall–Kier alpha value is -0.0800. The molecule has 8 heavy (non-hydrogen) atoms. The molecule has 0 saturated heterocycles. The zero-order valence-corrected chi connectivity index (χ0v) is 5.68. The molecule has 0 amide bonds. The van der Waals surface area contributed by atoms with Crippen LogP contribution in [0.4, 0.5) is 0 Å². The lowest BCUT2D eigenvalue weighted by Crippen LogP contribution is -2.22. The van der Waals surface area contributed by atoms with Crippen molar-refractivity contribution in [1.82, 2.24) is 0 Å². The maximum Gasteiger partial charge on any atom is 0.0694 e. The molecule has 0 bridgehead atoms. The fourth-order valence-corrected chi connectivity index (χ4v) is 0.588. The topological polar surface area (TPSA) is 35.2 Å². The van der Waals surface area contributed by atoms with E-state index in [1.54, 1.807) is 0 Å². The third kappa shape index (κ3) is 2.99. The van der Waals surface area contributed by atoms with Gasteiger partial charge in [-0.3, -0.25) is 0 Å². The molecule has 1 atom stereocenters. The Labute approximate surface area is 51.0 Å². The lowest BCUT2D eigenvalue weighted by atomic mass is 10.3. The van der Waals surface area contributed by atoms with E-state index in [-0.39, 0.29) is 6.10 Å². The highest BCUT2D eigenvalue weighted by atomic mass is 16.5. The summed E-state index contributed by atoms with van der Waals surface area (Å²) >= 11 is 0. The summed E-state index contributed by atoms with van der Waals surface area (Å²) in [4.78, 5) is 0. The Kier molecular flexibility index (Phi) is 5.01. The highest BCUT2D eigenvalue weighted by Gasteiger charge is 1.98. The van der Waals surface area contributed by atoms with E-state index in [1.807, 2.05) is 6.92 Å². The van der Waals surface area contributed by atoms with Crippen molar-refractivity contribution >= 4 is 0 Å². The SMILES string of the molecule is CCO[C@H](CC)CN. The van der Waals surface area contributed by atoms with Crippen molar-refractivity contribution in [3.8, 4) is 0 Å². The zero-order valence-electron chi connectivity index (χ0n) is 5.68. The van der Waals surface area contributed by atoms with Crippen molar-refractivity contribution in [2.24, 2.45) is 5.73 Å². The first-order chi connectivity index (χ1) is 3.85. The van der Waals surface area contributed by atoms with Gasteiger partial charge >= 0.3 is 0 Å². The van der Waals surface area contributed by atoms with E-state index in [9.17, 15) is 0 Å². The van der Waals surface area contributed by atoms with Crippen LogP contribution in [-0.4, -0.2) is 19.3 Å². The molecule has 2 N–H and O–H groups in total. The smallest absolute Gasteiger partial charge is 0.0694 e. The maximum absolute atomic E-state index is 5.34. The fourth-order valence-electron chi connectivity index (χ4n) is 0.588. The van der Waals surface area contributed by atoms with Crippen molar-refractivity contribution < 1.29 is 4.74 Å². The standard InChI is InChI=1S/C6H15NO/c1-3-6(5-7)8-4-2/h6H,3-5,7H2,1-2H3/t6-/m1/s1. The van der Waals surface area contributed by atoms with Gasteiger partial charge in [-0.25, -0.2) is 0 Å².